The van der Waals surface area contributed by atoms with Crippen molar-refractivity contribution in [3.63, 3.8) is 0 Å². The molecule has 0 atom stereocenters. The van der Waals surface area contributed by atoms with Crippen LogP contribution in [0.3, 0.4) is 0 Å². The predicted molar refractivity (Wildman–Crippen MR) is 85.7 cm³/mol. The Morgan fingerprint density at radius 3 is 2.90 bits per heavy atom. The predicted octanol–water partition coefficient (Wildman–Crippen LogP) is 2.88. The van der Waals surface area contributed by atoms with Crippen LogP contribution in [0.15, 0.2) is 59.7 Å². The number of hydrogen-bond acceptors (Lipinski definition) is 3. The second kappa shape index (κ2) is 5.79. The van der Waals surface area contributed by atoms with Crippen molar-refractivity contribution < 1.29 is 0 Å². The number of pyridine rings is 2. The Kier molecular flexibility index (Phi) is 3.69. The van der Waals surface area contributed by atoms with Crippen LogP contribution in [0.2, 0.25) is 0 Å². The molecule has 2 heterocycles. The lowest BCUT2D eigenvalue weighted by Crippen LogP contribution is -2.20. The van der Waals surface area contributed by atoms with Crippen molar-refractivity contribution >= 4 is 16.6 Å². The fraction of sp³-hybridized carbons (Fsp3) is 0.176. The Hall–Kier alpha value is -2.62. The molecule has 4 nitrogen and oxygen atoms in total. The van der Waals surface area contributed by atoms with Crippen LogP contribution in [-0.4, -0.2) is 16.1 Å². The Bertz CT molecular complexity index is 823. The smallest absolute Gasteiger partial charge is 0.258 e. The zero-order valence-corrected chi connectivity index (χ0v) is 11.9. The van der Waals surface area contributed by atoms with E-state index in [1.54, 1.807) is 10.8 Å². The van der Waals surface area contributed by atoms with Gasteiger partial charge in [-0.3, -0.25) is 4.79 Å². The zero-order chi connectivity index (χ0) is 14.7. The van der Waals surface area contributed by atoms with Gasteiger partial charge in [0.15, 0.2) is 0 Å². The van der Waals surface area contributed by atoms with Gasteiger partial charge in [-0.15, -0.1) is 0 Å². The van der Waals surface area contributed by atoms with Gasteiger partial charge in [-0.1, -0.05) is 18.2 Å². The molecular weight excluding hydrogens is 262 g/mol. The summed E-state index contributed by atoms with van der Waals surface area (Å²) in [4.78, 5) is 16.7. The first kappa shape index (κ1) is 13.4. The van der Waals surface area contributed by atoms with E-state index in [4.69, 9.17) is 0 Å². The lowest BCUT2D eigenvalue weighted by atomic mass is 10.1. The number of benzene rings is 1. The molecule has 0 aliphatic heterocycles. The van der Waals surface area contributed by atoms with Gasteiger partial charge in [0.05, 0.1) is 6.54 Å². The van der Waals surface area contributed by atoms with Gasteiger partial charge < -0.3 is 9.88 Å². The maximum absolute atomic E-state index is 12.5. The quantitative estimate of drug-likeness (QED) is 0.799. The van der Waals surface area contributed by atoms with E-state index in [2.05, 4.69) is 10.3 Å². The summed E-state index contributed by atoms with van der Waals surface area (Å²) >= 11 is 0. The van der Waals surface area contributed by atoms with Crippen LogP contribution in [0.4, 0.5) is 5.82 Å². The Balaban J connectivity index is 1.96. The minimum atomic E-state index is 0.0370. The zero-order valence-electron chi connectivity index (χ0n) is 11.9. The molecule has 3 aromatic rings. The second-order valence-corrected chi connectivity index (χ2v) is 4.92. The number of nitrogens with zero attached hydrogens (tertiary/aromatic N) is 2. The monoisotopic (exact) mass is 279 g/mol. The van der Waals surface area contributed by atoms with E-state index in [9.17, 15) is 4.79 Å². The topological polar surface area (TPSA) is 46.9 Å². The van der Waals surface area contributed by atoms with E-state index in [-0.39, 0.29) is 5.56 Å². The van der Waals surface area contributed by atoms with E-state index in [0.717, 1.165) is 28.7 Å². The number of nitrogens with one attached hydrogen (secondary N) is 1. The molecule has 0 saturated carbocycles. The van der Waals surface area contributed by atoms with Crippen LogP contribution in [0.25, 0.3) is 10.8 Å². The van der Waals surface area contributed by atoms with Crippen LogP contribution < -0.4 is 10.9 Å². The first-order valence-electron chi connectivity index (χ1n) is 7.05. The molecule has 1 N–H and O–H groups in total. The molecule has 0 unspecified atom stereocenters. The first-order chi connectivity index (χ1) is 10.3. The van der Waals surface area contributed by atoms with Crippen LogP contribution >= 0.6 is 0 Å². The average Bonchev–Trinajstić information content (AvgIpc) is 2.51. The van der Waals surface area contributed by atoms with Crippen LogP contribution in [0, 0.1) is 0 Å². The van der Waals surface area contributed by atoms with Crippen LogP contribution in [0.1, 0.15) is 12.5 Å². The van der Waals surface area contributed by atoms with Gasteiger partial charge in [0.2, 0.25) is 0 Å². The van der Waals surface area contributed by atoms with E-state index in [0.29, 0.717) is 6.54 Å². The third-order valence-electron chi connectivity index (χ3n) is 3.42. The molecule has 2 aromatic heterocycles. The van der Waals surface area contributed by atoms with Crippen molar-refractivity contribution in [3.8, 4) is 0 Å². The molecular formula is C17H17N3O. The molecule has 106 valence electrons. The van der Waals surface area contributed by atoms with Gasteiger partial charge in [-0.2, -0.15) is 0 Å². The summed E-state index contributed by atoms with van der Waals surface area (Å²) in [6.45, 7) is 3.40. The van der Waals surface area contributed by atoms with Crippen molar-refractivity contribution in [1.29, 1.82) is 0 Å². The molecule has 4 heteroatoms. The highest BCUT2D eigenvalue weighted by Crippen LogP contribution is 2.11. The normalized spacial score (nSPS) is 10.7. The number of hydrogen-bond donors (Lipinski definition) is 1. The molecule has 1 aromatic carbocycles. The number of anilines is 1. The molecule has 21 heavy (non-hydrogen) atoms. The molecule has 0 aliphatic carbocycles. The molecule has 0 spiro atoms. The molecule has 0 amide bonds. The highest BCUT2D eigenvalue weighted by molar-refractivity contribution is 5.81. The van der Waals surface area contributed by atoms with Crippen molar-refractivity contribution in [2.24, 2.45) is 0 Å². The standard InChI is InChI=1S/C17H17N3O/c1-2-18-16-11-13(7-9-19-16)12-20-10-8-14-5-3-4-6-15(14)17(20)21/h3-11H,2,12H2,1H3,(H,18,19). The van der Waals surface area contributed by atoms with Crippen molar-refractivity contribution in [2.75, 3.05) is 11.9 Å². The maximum Gasteiger partial charge on any atom is 0.258 e. The molecule has 0 fully saturated rings. The van der Waals surface area contributed by atoms with Gasteiger partial charge in [-0.25, -0.2) is 4.98 Å². The van der Waals surface area contributed by atoms with Gasteiger partial charge in [0, 0.05) is 24.3 Å². The third kappa shape index (κ3) is 2.79. The summed E-state index contributed by atoms with van der Waals surface area (Å²) in [7, 11) is 0. The van der Waals surface area contributed by atoms with E-state index >= 15 is 0 Å². The molecule has 0 aliphatic rings. The van der Waals surface area contributed by atoms with Crippen molar-refractivity contribution in [1.82, 2.24) is 9.55 Å². The molecule has 0 saturated heterocycles. The van der Waals surface area contributed by atoms with Gasteiger partial charge in [0.25, 0.3) is 5.56 Å². The van der Waals surface area contributed by atoms with Gasteiger partial charge in [-0.05, 0) is 42.1 Å². The molecule has 3 rings (SSSR count). The fourth-order valence-corrected chi connectivity index (χ4v) is 2.40. The lowest BCUT2D eigenvalue weighted by molar-refractivity contribution is 0.767. The van der Waals surface area contributed by atoms with Crippen LogP contribution in [0.5, 0.6) is 0 Å². The van der Waals surface area contributed by atoms with E-state index in [1.807, 2.05) is 55.6 Å². The van der Waals surface area contributed by atoms with Crippen molar-refractivity contribution in [3.05, 3.63) is 70.8 Å². The average molecular weight is 279 g/mol. The van der Waals surface area contributed by atoms with E-state index in [1.165, 1.54) is 0 Å². The SMILES string of the molecule is CCNc1cc(Cn2ccc3ccccc3c2=O)ccn1. The Morgan fingerprint density at radius 1 is 1.19 bits per heavy atom. The first-order valence-corrected chi connectivity index (χ1v) is 7.05. The molecule has 0 radical (unpaired) electrons. The minimum absolute atomic E-state index is 0.0370. The van der Waals surface area contributed by atoms with Crippen molar-refractivity contribution in [2.45, 2.75) is 13.5 Å². The maximum atomic E-state index is 12.5. The minimum Gasteiger partial charge on any atom is -0.370 e. The third-order valence-corrected chi connectivity index (χ3v) is 3.42. The second-order valence-electron chi connectivity index (χ2n) is 4.92. The summed E-state index contributed by atoms with van der Waals surface area (Å²) in [5, 5.41) is 4.90. The highest BCUT2D eigenvalue weighted by atomic mass is 16.1. The Labute approximate surface area is 123 Å². The van der Waals surface area contributed by atoms with Crippen LogP contribution in [-0.2, 0) is 6.54 Å². The number of aromatic nitrogens is 2. The lowest BCUT2D eigenvalue weighted by Gasteiger charge is -2.09. The summed E-state index contributed by atoms with van der Waals surface area (Å²) < 4.78 is 1.73. The number of fused-ring (bicyclic) bond motifs is 1. The highest BCUT2D eigenvalue weighted by Gasteiger charge is 2.03. The number of rotatable bonds is 4. The molecule has 0 bridgehead atoms. The fourth-order valence-electron chi connectivity index (χ4n) is 2.40. The Morgan fingerprint density at radius 2 is 2.05 bits per heavy atom. The largest absolute Gasteiger partial charge is 0.370 e. The summed E-state index contributed by atoms with van der Waals surface area (Å²) in [6.07, 6.45) is 3.61. The summed E-state index contributed by atoms with van der Waals surface area (Å²) in [6, 6.07) is 13.5. The summed E-state index contributed by atoms with van der Waals surface area (Å²) in [5.41, 5.74) is 1.09. The summed E-state index contributed by atoms with van der Waals surface area (Å²) in [5.74, 6) is 0.837. The van der Waals surface area contributed by atoms with Gasteiger partial charge in [0.1, 0.15) is 5.82 Å². The van der Waals surface area contributed by atoms with E-state index < -0.39 is 0 Å². The van der Waals surface area contributed by atoms with Gasteiger partial charge >= 0.3 is 0 Å².